The summed E-state index contributed by atoms with van der Waals surface area (Å²) in [6.45, 7) is 6.23. The van der Waals surface area contributed by atoms with Crippen molar-refractivity contribution in [2.75, 3.05) is 13.1 Å². The number of benzene rings is 2. The fourth-order valence-corrected chi connectivity index (χ4v) is 3.98. The Bertz CT molecular complexity index is 1080. The first kappa shape index (κ1) is 20.5. The maximum Gasteiger partial charge on any atom is 0.246 e. The van der Waals surface area contributed by atoms with E-state index in [4.69, 9.17) is 16.2 Å². The lowest BCUT2D eigenvalue weighted by Crippen LogP contribution is -2.57. The second-order valence-corrected chi connectivity index (χ2v) is 8.11. The van der Waals surface area contributed by atoms with Crippen LogP contribution in [-0.2, 0) is 11.3 Å². The lowest BCUT2D eigenvalue weighted by molar-refractivity contribution is -0.131. The zero-order valence-corrected chi connectivity index (χ0v) is 17.5. The van der Waals surface area contributed by atoms with Crippen molar-refractivity contribution in [1.29, 1.82) is 0 Å². The van der Waals surface area contributed by atoms with E-state index in [-0.39, 0.29) is 23.8 Å². The van der Waals surface area contributed by atoms with Gasteiger partial charge in [0.25, 0.3) is 0 Å². The third-order valence-electron chi connectivity index (χ3n) is 5.47. The third kappa shape index (κ3) is 4.37. The van der Waals surface area contributed by atoms with E-state index in [1.54, 1.807) is 36.4 Å². The summed E-state index contributed by atoms with van der Waals surface area (Å²) >= 11 is 6.27. The number of aromatic nitrogens is 2. The van der Waals surface area contributed by atoms with E-state index >= 15 is 0 Å². The summed E-state index contributed by atoms with van der Waals surface area (Å²) in [5.41, 5.74) is 2.90. The van der Waals surface area contributed by atoms with Crippen molar-refractivity contribution in [2.45, 2.75) is 32.5 Å². The van der Waals surface area contributed by atoms with E-state index in [1.807, 2.05) is 11.8 Å². The predicted octanol–water partition coefficient (Wildman–Crippen LogP) is 4.15. The van der Waals surface area contributed by atoms with Crippen LogP contribution in [0.4, 0.5) is 4.39 Å². The summed E-state index contributed by atoms with van der Waals surface area (Å²) in [6, 6.07) is 10.2. The monoisotopic (exact) mass is 428 g/mol. The molecule has 0 spiro atoms. The van der Waals surface area contributed by atoms with Gasteiger partial charge in [0.1, 0.15) is 16.9 Å². The van der Waals surface area contributed by atoms with Gasteiger partial charge >= 0.3 is 0 Å². The molecule has 1 aliphatic heterocycles. The van der Waals surface area contributed by atoms with Crippen LogP contribution in [0.25, 0.3) is 17.1 Å². The summed E-state index contributed by atoms with van der Waals surface area (Å²) in [6.07, 6.45) is 3.24. The van der Waals surface area contributed by atoms with Crippen molar-refractivity contribution >= 4 is 34.6 Å². The van der Waals surface area contributed by atoms with Crippen LogP contribution in [0.3, 0.4) is 0 Å². The first-order chi connectivity index (χ1) is 14.4. The zero-order valence-electron chi connectivity index (χ0n) is 16.8. The number of carbonyl (C=O) groups is 1. The molecule has 2 aromatic carbocycles. The molecule has 1 fully saturated rings. The van der Waals surface area contributed by atoms with Gasteiger partial charge in [-0.15, -0.1) is 0 Å². The summed E-state index contributed by atoms with van der Waals surface area (Å²) in [7, 11) is 0. The molecule has 156 valence electrons. The first-order valence-electron chi connectivity index (χ1n) is 9.79. The van der Waals surface area contributed by atoms with Crippen molar-refractivity contribution in [3.05, 3.63) is 64.4 Å². The molecule has 0 aliphatic carbocycles. The Labute approximate surface area is 178 Å². The van der Waals surface area contributed by atoms with Gasteiger partial charge < -0.3 is 4.90 Å². The highest BCUT2D eigenvalue weighted by Gasteiger charge is 2.31. The van der Waals surface area contributed by atoms with Gasteiger partial charge in [0.2, 0.25) is 5.91 Å². The summed E-state index contributed by atoms with van der Waals surface area (Å²) < 4.78 is 17.8. The van der Waals surface area contributed by atoms with Crippen molar-refractivity contribution in [3.8, 4) is 0 Å². The average Bonchev–Trinajstić information content (AvgIpc) is 3.17. The van der Waals surface area contributed by atoms with Crippen LogP contribution in [0.2, 0.25) is 5.02 Å². The molecule has 2 atom stereocenters. The summed E-state index contributed by atoms with van der Waals surface area (Å²) in [5.74, 6) is -0.299. The lowest BCUT2D eigenvalue weighted by Gasteiger charge is -2.44. The minimum absolute atomic E-state index is 0.0523. The molecule has 0 N–H and O–H groups in total. The number of rotatable bonds is 4. The molecule has 1 saturated heterocycles. The van der Waals surface area contributed by atoms with E-state index in [0.717, 1.165) is 18.7 Å². The van der Waals surface area contributed by atoms with Gasteiger partial charge in [0, 0.05) is 37.8 Å². The highest BCUT2D eigenvalue weighted by atomic mass is 35.5. The predicted molar refractivity (Wildman–Crippen MR) is 113 cm³/mol. The molecule has 4 rings (SSSR count). The van der Waals surface area contributed by atoms with E-state index in [9.17, 15) is 9.18 Å². The van der Waals surface area contributed by atoms with Crippen molar-refractivity contribution in [2.24, 2.45) is 0 Å². The molecule has 0 radical (unpaired) electrons. The number of nitrogens with zero attached hydrogens (tertiary/aromatic N) is 4. The number of hydrogen-bond donors (Lipinski definition) is 0. The fraction of sp³-hybridized carbons (Fsp3) is 0.318. The topological polar surface area (TPSA) is 62.5 Å². The van der Waals surface area contributed by atoms with Gasteiger partial charge in [0.15, 0.2) is 0 Å². The van der Waals surface area contributed by atoms with Crippen LogP contribution >= 0.6 is 11.6 Å². The molecule has 2 heterocycles. The average molecular weight is 429 g/mol. The number of hydrogen-bond acceptors (Lipinski definition) is 5. The van der Waals surface area contributed by atoms with Gasteiger partial charge in [-0.25, -0.2) is 9.02 Å². The molecule has 8 heteroatoms. The van der Waals surface area contributed by atoms with Crippen LogP contribution in [0, 0.1) is 5.82 Å². The van der Waals surface area contributed by atoms with Crippen molar-refractivity contribution in [3.63, 3.8) is 0 Å². The van der Waals surface area contributed by atoms with Crippen LogP contribution in [0.15, 0.2) is 47.1 Å². The molecular weight excluding hydrogens is 407 g/mol. The number of halogens is 2. The second-order valence-electron chi connectivity index (χ2n) is 7.70. The van der Waals surface area contributed by atoms with Gasteiger partial charge in [-0.05, 0) is 65.6 Å². The number of carbonyl (C=O) groups excluding carboxylic acids is 1. The molecule has 3 aromatic rings. The lowest BCUT2D eigenvalue weighted by atomic mass is 10.1. The second kappa shape index (κ2) is 8.53. The van der Waals surface area contributed by atoms with Crippen molar-refractivity contribution in [1.82, 2.24) is 20.1 Å². The van der Waals surface area contributed by atoms with Crippen LogP contribution in [-0.4, -0.2) is 51.2 Å². The van der Waals surface area contributed by atoms with Crippen LogP contribution in [0.5, 0.6) is 0 Å². The van der Waals surface area contributed by atoms with E-state index in [0.29, 0.717) is 28.2 Å². The Morgan fingerprint density at radius 1 is 1.17 bits per heavy atom. The molecule has 30 heavy (non-hydrogen) atoms. The molecular formula is C22H22ClFN4O2. The Hall–Kier alpha value is -2.77. The molecule has 0 unspecified atom stereocenters. The quantitative estimate of drug-likeness (QED) is 0.584. The van der Waals surface area contributed by atoms with E-state index in [1.165, 1.54) is 12.1 Å². The first-order valence-corrected chi connectivity index (χ1v) is 10.2. The third-order valence-corrected chi connectivity index (χ3v) is 5.80. The fourth-order valence-electron chi connectivity index (χ4n) is 3.76. The van der Waals surface area contributed by atoms with Crippen molar-refractivity contribution < 1.29 is 13.8 Å². The number of fused-ring (bicyclic) bond motifs is 1. The Morgan fingerprint density at radius 2 is 1.87 bits per heavy atom. The maximum absolute atomic E-state index is 13.1. The number of piperazine rings is 1. The summed E-state index contributed by atoms with van der Waals surface area (Å²) in [5, 5.41) is 8.04. The van der Waals surface area contributed by atoms with Gasteiger partial charge in [-0.3, -0.25) is 9.69 Å². The zero-order chi connectivity index (χ0) is 21.3. The molecule has 6 nitrogen and oxygen atoms in total. The van der Waals surface area contributed by atoms with Crippen LogP contribution < -0.4 is 0 Å². The van der Waals surface area contributed by atoms with Gasteiger partial charge in [0.05, 0.1) is 5.02 Å². The SMILES string of the molecule is C[C@@H]1CN(C(=O)/C=C/c2cc3nonc3cc2Cl)[C@@H](C)CN1Cc1ccc(F)cc1. The minimum atomic E-state index is -0.235. The standard InChI is InChI=1S/C22H22ClFN4O2/c1-14-12-28(15(2)11-27(14)13-16-3-6-18(24)7-4-16)22(29)8-5-17-9-20-21(10-19(17)23)26-30-25-20/h3-10,14-15H,11-13H2,1-2H3/b8-5+/t14-,15+/m1/s1. The van der Waals surface area contributed by atoms with Crippen LogP contribution in [0.1, 0.15) is 25.0 Å². The van der Waals surface area contributed by atoms with E-state index < -0.39 is 0 Å². The smallest absolute Gasteiger partial charge is 0.246 e. The van der Waals surface area contributed by atoms with E-state index in [2.05, 4.69) is 22.1 Å². The Morgan fingerprint density at radius 3 is 2.60 bits per heavy atom. The van der Waals surface area contributed by atoms with Gasteiger partial charge in [-0.2, -0.15) is 0 Å². The minimum Gasteiger partial charge on any atom is -0.334 e. The molecule has 0 bridgehead atoms. The normalized spacial score (nSPS) is 20.3. The molecule has 1 aromatic heterocycles. The Kier molecular flexibility index (Phi) is 5.83. The Balaban J connectivity index is 1.42. The molecule has 1 aliphatic rings. The maximum atomic E-state index is 13.1. The summed E-state index contributed by atoms with van der Waals surface area (Å²) in [4.78, 5) is 17.0. The highest BCUT2D eigenvalue weighted by Crippen LogP contribution is 2.24. The highest BCUT2D eigenvalue weighted by molar-refractivity contribution is 6.32. The largest absolute Gasteiger partial charge is 0.334 e. The molecule has 0 saturated carbocycles. The molecule has 1 amide bonds. The number of amides is 1. The van der Waals surface area contributed by atoms with Gasteiger partial charge in [-0.1, -0.05) is 23.7 Å².